The smallest absolute Gasteiger partial charge is 0.326 e. The van der Waals surface area contributed by atoms with Crippen LogP contribution in [0.4, 0.5) is 4.79 Å². The maximum absolute atomic E-state index is 11.6. The number of aliphatic carboxylic acids is 1. The van der Waals surface area contributed by atoms with Crippen LogP contribution in [-0.4, -0.2) is 41.6 Å². The molecule has 0 spiro atoms. The number of carboxylic acid groups (broad SMARTS) is 1. The van der Waals surface area contributed by atoms with Crippen molar-refractivity contribution in [3.8, 4) is 12.3 Å². The predicted molar refractivity (Wildman–Crippen MR) is 65.6 cm³/mol. The third kappa shape index (κ3) is 5.81. The Morgan fingerprint density at radius 3 is 2.59 bits per heavy atom. The standard InChI is InChI=1S/C12H20N2O3/c1-4-6-7-8-9-13-12(17)14(3)10(5-2)11(15)16/h1,10H,5-9H2,2-3H3,(H,13,17)(H,15,16). The first-order valence-electron chi connectivity index (χ1n) is 5.71. The van der Waals surface area contributed by atoms with Crippen molar-refractivity contribution in [2.24, 2.45) is 0 Å². The van der Waals surface area contributed by atoms with Crippen LogP contribution in [0, 0.1) is 12.3 Å². The summed E-state index contributed by atoms with van der Waals surface area (Å²) < 4.78 is 0. The molecule has 0 aliphatic heterocycles. The van der Waals surface area contributed by atoms with Crippen LogP contribution >= 0.6 is 0 Å². The Kier molecular flexibility index (Phi) is 7.61. The lowest BCUT2D eigenvalue weighted by molar-refractivity contribution is -0.141. The number of nitrogens with zero attached hydrogens (tertiary/aromatic N) is 1. The van der Waals surface area contributed by atoms with Crippen molar-refractivity contribution in [3.63, 3.8) is 0 Å². The van der Waals surface area contributed by atoms with Gasteiger partial charge in [-0.15, -0.1) is 12.3 Å². The highest BCUT2D eigenvalue weighted by Gasteiger charge is 2.24. The molecular formula is C12H20N2O3. The monoisotopic (exact) mass is 240 g/mol. The van der Waals surface area contributed by atoms with Crippen LogP contribution < -0.4 is 5.32 Å². The SMILES string of the molecule is C#CCCCCNC(=O)N(C)C(CC)C(=O)O. The first-order valence-corrected chi connectivity index (χ1v) is 5.71. The van der Waals surface area contributed by atoms with Crippen LogP contribution in [0.2, 0.25) is 0 Å². The summed E-state index contributed by atoms with van der Waals surface area (Å²) in [6.45, 7) is 2.25. The van der Waals surface area contributed by atoms with Gasteiger partial charge in [-0.05, 0) is 19.3 Å². The molecule has 5 nitrogen and oxygen atoms in total. The number of carbonyl (C=O) groups is 2. The Hall–Kier alpha value is -1.70. The zero-order valence-electron chi connectivity index (χ0n) is 10.4. The van der Waals surface area contributed by atoms with E-state index < -0.39 is 12.0 Å². The van der Waals surface area contributed by atoms with E-state index in [0.29, 0.717) is 19.4 Å². The van der Waals surface area contributed by atoms with Gasteiger partial charge in [0.25, 0.3) is 0 Å². The molecule has 0 fully saturated rings. The molecular weight excluding hydrogens is 220 g/mol. The van der Waals surface area contributed by atoms with Gasteiger partial charge in [0.1, 0.15) is 6.04 Å². The molecule has 1 unspecified atom stereocenters. The summed E-state index contributed by atoms with van der Waals surface area (Å²) in [6, 6.07) is -1.14. The highest BCUT2D eigenvalue weighted by Crippen LogP contribution is 2.02. The van der Waals surface area contributed by atoms with Crippen molar-refractivity contribution in [1.29, 1.82) is 0 Å². The minimum absolute atomic E-state index is 0.361. The lowest BCUT2D eigenvalue weighted by Crippen LogP contribution is -2.47. The normalized spacial score (nSPS) is 11.4. The Morgan fingerprint density at radius 1 is 1.47 bits per heavy atom. The van der Waals surface area contributed by atoms with E-state index in [-0.39, 0.29) is 6.03 Å². The van der Waals surface area contributed by atoms with Gasteiger partial charge in [-0.1, -0.05) is 6.92 Å². The third-order valence-corrected chi connectivity index (χ3v) is 2.48. The van der Waals surface area contributed by atoms with Crippen LogP contribution in [0.3, 0.4) is 0 Å². The zero-order valence-corrected chi connectivity index (χ0v) is 10.4. The molecule has 1 atom stereocenters. The maximum Gasteiger partial charge on any atom is 0.326 e. The molecule has 96 valence electrons. The molecule has 0 saturated heterocycles. The Bertz CT molecular complexity index is 297. The molecule has 0 heterocycles. The molecule has 0 aromatic carbocycles. The number of hydrogen-bond acceptors (Lipinski definition) is 2. The van der Waals surface area contributed by atoms with E-state index in [0.717, 1.165) is 12.8 Å². The van der Waals surface area contributed by atoms with E-state index >= 15 is 0 Å². The van der Waals surface area contributed by atoms with Crippen molar-refractivity contribution >= 4 is 12.0 Å². The summed E-state index contributed by atoms with van der Waals surface area (Å²) in [4.78, 5) is 23.7. The van der Waals surface area contributed by atoms with E-state index in [1.165, 1.54) is 11.9 Å². The molecule has 2 N–H and O–H groups in total. The molecule has 5 heteroatoms. The van der Waals surface area contributed by atoms with Gasteiger partial charge < -0.3 is 15.3 Å². The highest BCUT2D eigenvalue weighted by molar-refractivity contribution is 5.82. The number of amides is 2. The van der Waals surface area contributed by atoms with Crippen molar-refractivity contribution in [2.75, 3.05) is 13.6 Å². The quantitative estimate of drug-likeness (QED) is 0.520. The topological polar surface area (TPSA) is 69.6 Å². The Morgan fingerprint density at radius 2 is 2.12 bits per heavy atom. The molecule has 0 aromatic rings. The summed E-state index contributed by atoms with van der Waals surface area (Å²) in [5.74, 6) is 1.53. The van der Waals surface area contributed by atoms with Crippen molar-refractivity contribution in [2.45, 2.75) is 38.6 Å². The number of carboxylic acids is 1. The minimum atomic E-state index is -0.988. The lowest BCUT2D eigenvalue weighted by atomic mass is 10.2. The van der Waals surface area contributed by atoms with E-state index in [1.807, 2.05) is 0 Å². The molecule has 0 aliphatic carbocycles. The number of carbonyl (C=O) groups excluding carboxylic acids is 1. The number of unbranched alkanes of at least 4 members (excludes halogenated alkanes) is 2. The summed E-state index contributed by atoms with van der Waals surface area (Å²) in [5.41, 5.74) is 0. The molecule has 0 radical (unpaired) electrons. The summed E-state index contributed by atoms with van der Waals surface area (Å²) in [5, 5.41) is 11.6. The van der Waals surface area contributed by atoms with Gasteiger partial charge in [0.2, 0.25) is 0 Å². The number of likely N-dealkylation sites (N-methyl/N-ethyl adjacent to an activating group) is 1. The van der Waals surface area contributed by atoms with Crippen LogP contribution in [-0.2, 0) is 4.79 Å². The summed E-state index contributed by atoms with van der Waals surface area (Å²) in [6.07, 6.45) is 7.83. The number of rotatable bonds is 7. The molecule has 0 bridgehead atoms. The minimum Gasteiger partial charge on any atom is -0.480 e. The highest BCUT2D eigenvalue weighted by atomic mass is 16.4. The molecule has 17 heavy (non-hydrogen) atoms. The first-order chi connectivity index (χ1) is 8.04. The fraction of sp³-hybridized carbons (Fsp3) is 0.667. The van der Waals surface area contributed by atoms with E-state index in [9.17, 15) is 9.59 Å². The second-order valence-corrected chi connectivity index (χ2v) is 3.77. The van der Waals surface area contributed by atoms with Gasteiger partial charge in [-0.2, -0.15) is 0 Å². The van der Waals surface area contributed by atoms with Crippen LogP contribution in [0.25, 0.3) is 0 Å². The Labute approximate surface area is 102 Å². The van der Waals surface area contributed by atoms with Gasteiger partial charge in [0.05, 0.1) is 0 Å². The number of urea groups is 1. The Balaban J connectivity index is 3.97. The van der Waals surface area contributed by atoms with Crippen LogP contribution in [0.5, 0.6) is 0 Å². The van der Waals surface area contributed by atoms with Crippen molar-refractivity contribution in [3.05, 3.63) is 0 Å². The van der Waals surface area contributed by atoms with Crippen molar-refractivity contribution in [1.82, 2.24) is 10.2 Å². The largest absolute Gasteiger partial charge is 0.480 e. The lowest BCUT2D eigenvalue weighted by Gasteiger charge is -2.23. The molecule has 0 saturated carbocycles. The zero-order chi connectivity index (χ0) is 13.3. The number of terminal acetylenes is 1. The summed E-state index contributed by atoms with van der Waals surface area (Å²) >= 11 is 0. The molecule has 0 rings (SSSR count). The maximum atomic E-state index is 11.6. The molecule has 0 aromatic heterocycles. The third-order valence-electron chi connectivity index (χ3n) is 2.48. The predicted octanol–water partition coefficient (Wildman–Crippen LogP) is 1.29. The van der Waals surface area contributed by atoms with Crippen LogP contribution in [0.1, 0.15) is 32.6 Å². The fourth-order valence-corrected chi connectivity index (χ4v) is 1.43. The second kappa shape index (κ2) is 8.45. The van der Waals surface area contributed by atoms with E-state index in [4.69, 9.17) is 11.5 Å². The number of hydrogen-bond donors (Lipinski definition) is 2. The van der Waals surface area contributed by atoms with E-state index in [1.54, 1.807) is 6.92 Å². The fourth-order valence-electron chi connectivity index (χ4n) is 1.43. The van der Waals surface area contributed by atoms with E-state index in [2.05, 4.69) is 11.2 Å². The van der Waals surface area contributed by atoms with Crippen LogP contribution in [0.15, 0.2) is 0 Å². The van der Waals surface area contributed by atoms with Gasteiger partial charge in [-0.25, -0.2) is 9.59 Å². The van der Waals surface area contributed by atoms with Gasteiger partial charge in [0, 0.05) is 20.0 Å². The first kappa shape index (κ1) is 15.3. The molecule has 2 amide bonds. The average molecular weight is 240 g/mol. The van der Waals surface area contributed by atoms with Crippen molar-refractivity contribution < 1.29 is 14.7 Å². The van der Waals surface area contributed by atoms with Gasteiger partial charge in [-0.3, -0.25) is 0 Å². The molecule has 0 aliphatic rings. The van der Waals surface area contributed by atoms with Gasteiger partial charge in [0.15, 0.2) is 0 Å². The second-order valence-electron chi connectivity index (χ2n) is 3.77. The number of nitrogens with one attached hydrogen (secondary N) is 1. The van der Waals surface area contributed by atoms with Gasteiger partial charge >= 0.3 is 12.0 Å². The summed E-state index contributed by atoms with van der Waals surface area (Å²) in [7, 11) is 1.49. The average Bonchev–Trinajstić information content (AvgIpc) is 2.28.